The molecule has 116 valence electrons. The number of aromatic amines is 2. The highest BCUT2D eigenvalue weighted by Crippen LogP contribution is 2.34. The smallest absolute Gasteiger partial charge is 0.303 e. The van der Waals surface area contributed by atoms with E-state index < -0.39 is 5.97 Å². The van der Waals surface area contributed by atoms with Crippen LogP contribution in [0.15, 0.2) is 18.5 Å². The summed E-state index contributed by atoms with van der Waals surface area (Å²) in [5, 5.41) is 19.5. The molecule has 0 bridgehead atoms. The van der Waals surface area contributed by atoms with Gasteiger partial charge in [-0.05, 0) is 18.9 Å². The highest BCUT2D eigenvalue weighted by Gasteiger charge is 2.39. The van der Waals surface area contributed by atoms with Crippen LogP contribution < -0.4 is 0 Å². The van der Waals surface area contributed by atoms with E-state index in [9.17, 15) is 9.59 Å². The van der Waals surface area contributed by atoms with Gasteiger partial charge in [-0.15, -0.1) is 0 Å². The molecule has 0 saturated carbocycles. The van der Waals surface area contributed by atoms with Gasteiger partial charge in [-0.25, -0.2) is 0 Å². The number of amides is 1. The topological polar surface area (TPSA) is 115 Å². The van der Waals surface area contributed by atoms with Gasteiger partial charge in [0, 0.05) is 30.9 Å². The normalized spacial score (nSPS) is 21.2. The quantitative estimate of drug-likeness (QED) is 0.771. The largest absolute Gasteiger partial charge is 0.481 e. The number of hydrogen-bond donors (Lipinski definition) is 3. The molecule has 0 spiro atoms. The fourth-order valence-electron chi connectivity index (χ4n) is 3.05. The van der Waals surface area contributed by atoms with Gasteiger partial charge >= 0.3 is 5.97 Å². The van der Waals surface area contributed by atoms with Crippen molar-refractivity contribution in [3.05, 3.63) is 35.4 Å². The predicted octanol–water partition coefficient (Wildman–Crippen LogP) is 0.772. The molecule has 1 aliphatic rings. The molecule has 3 N–H and O–H groups in total. The summed E-state index contributed by atoms with van der Waals surface area (Å²) in [6.45, 7) is 2.70. The number of carboxylic acid groups (broad SMARTS) is 1. The molecule has 1 amide bonds. The lowest BCUT2D eigenvalue weighted by molar-refractivity contribution is -0.138. The maximum atomic E-state index is 12.6. The lowest BCUT2D eigenvalue weighted by Gasteiger charge is -2.15. The van der Waals surface area contributed by atoms with Crippen molar-refractivity contribution in [2.75, 3.05) is 13.1 Å². The van der Waals surface area contributed by atoms with Gasteiger partial charge in [0.2, 0.25) is 0 Å². The average molecular weight is 303 g/mol. The molecule has 1 fully saturated rings. The second-order valence-electron chi connectivity index (χ2n) is 5.59. The van der Waals surface area contributed by atoms with Crippen LogP contribution in [0.5, 0.6) is 0 Å². The van der Waals surface area contributed by atoms with Crippen molar-refractivity contribution in [3.63, 3.8) is 0 Å². The first-order valence-corrected chi connectivity index (χ1v) is 7.07. The minimum Gasteiger partial charge on any atom is -0.481 e. The van der Waals surface area contributed by atoms with Gasteiger partial charge in [-0.3, -0.25) is 9.59 Å². The fourth-order valence-corrected chi connectivity index (χ4v) is 3.05. The minimum absolute atomic E-state index is 0.00737. The predicted molar refractivity (Wildman–Crippen MR) is 76.3 cm³/mol. The van der Waals surface area contributed by atoms with Gasteiger partial charge in [-0.2, -0.15) is 15.4 Å². The molecular formula is C14H17N5O3. The lowest BCUT2D eigenvalue weighted by atomic mass is 9.91. The zero-order valence-electron chi connectivity index (χ0n) is 12.1. The van der Waals surface area contributed by atoms with E-state index in [1.54, 1.807) is 23.4 Å². The summed E-state index contributed by atoms with van der Waals surface area (Å²) in [4.78, 5) is 28.4. The molecule has 8 heteroatoms. The SMILES string of the molecule is Cc1[nH]ccc1C(=O)N1C[C@H](CC(=O)O)[C@H](c2cn[nH]n2)C1. The zero-order valence-corrected chi connectivity index (χ0v) is 12.1. The zero-order chi connectivity index (χ0) is 15.7. The van der Waals surface area contributed by atoms with Gasteiger partial charge in [0.25, 0.3) is 5.91 Å². The molecular weight excluding hydrogens is 286 g/mol. The highest BCUT2D eigenvalue weighted by molar-refractivity contribution is 5.95. The number of aromatic nitrogens is 4. The third kappa shape index (κ3) is 2.59. The van der Waals surface area contributed by atoms with Crippen LogP contribution >= 0.6 is 0 Å². The van der Waals surface area contributed by atoms with Crippen LogP contribution in [0.4, 0.5) is 0 Å². The molecule has 0 aliphatic carbocycles. The average Bonchev–Trinajstić information content (AvgIpc) is 3.16. The van der Waals surface area contributed by atoms with Crippen molar-refractivity contribution in [2.24, 2.45) is 5.92 Å². The van der Waals surface area contributed by atoms with Crippen LogP contribution in [-0.4, -0.2) is 55.4 Å². The van der Waals surface area contributed by atoms with E-state index in [1.807, 2.05) is 6.92 Å². The number of likely N-dealkylation sites (tertiary alicyclic amines) is 1. The van der Waals surface area contributed by atoms with Crippen LogP contribution in [0.3, 0.4) is 0 Å². The van der Waals surface area contributed by atoms with Gasteiger partial charge in [-0.1, -0.05) is 0 Å². The van der Waals surface area contributed by atoms with Gasteiger partial charge in [0.1, 0.15) is 0 Å². The lowest BCUT2D eigenvalue weighted by Crippen LogP contribution is -2.29. The molecule has 8 nitrogen and oxygen atoms in total. The molecule has 2 aromatic rings. The summed E-state index contributed by atoms with van der Waals surface area (Å²) in [5.41, 5.74) is 2.13. The molecule has 0 unspecified atom stereocenters. The molecule has 1 saturated heterocycles. The summed E-state index contributed by atoms with van der Waals surface area (Å²) in [5.74, 6) is -1.23. The van der Waals surface area contributed by atoms with Crippen molar-refractivity contribution in [3.8, 4) is 0 Å². The number of nitrogens with one attached hydrogen (secondary N) is 2. The Hall–Kier alpha value is -2.64. The standard InChI is InChI=1S/C14H17N5O3/c1-8-10(2-3-15-8)14(22)19-6-9(4-13(20)21)11(7-19)12-5-16-18-17-12/h2-3,5,9,11,15H,4,6-7H2,1H3,(H,20,21)(H,16,17,18)/t9-,11+/m0/s1. The monoisotopic (exact) mass is 303 g/mol. The van der Waals surface area contributed by atoms with Crippen molar-refractivity contribution < 1.29 is 14.7 Å². The number of carbonyl (C=O) groups is 2. The van der Waals surface area contributed by atoms with Crippen LogP contribution in [0.2, 0.25) is 0 Å². The van der Waals surface area contributed by atoms with E-state index in [2.05, 4.69) is 20.4 Å². The first-order valence-electron chi connectivity index (χ1n) is 7.07. The van der Waals surface area contributed by atoms with E-state index in [0.29, 0.717) is 24.3 Å². The van der Waals surface area contributed by atoms with Crippen LogP contribution in [0.25, 0.3) is 0 Å². The highest BCUT2D eigenvalue weighted by atomic mass is 16.4. The van der Waals surface area contributed by atoms with Gasteiger partial charge in [0.05, 0.1) is 23.9 Å². The summed E-state index contributed by atoms with van der Waals surface area (Å²) in [7, 11) is 0. The number of nitrogens with zero attached hydrogens (tertiary/aromatic N) is 3. The summed E-state index contributed by atoms with van der Waals surface area (Å²) < 4.78 is 0. The Morgan fingerprint density at radius 2 is 2.27 bits per heavy atom. The molecule has 1 aliphatic heterocycles. The molecule has 2 aromatic heterocycles. The second kappa shape index (κ2) is 5.63. The minimum atomic E-state index is -0.870. The first-order chi connectivity index (χ1) is 10.6. The van der Waals surface area contributed by atoms with Gasteiger partial charge in [0.15, 0.2) is 0 Å². The molecule has 22 heavy (non-hydrogen) atoms. The van der Waals surface area contributed by atoms with E-state index in [-0.39, 0.29) is 24.2 Å². The Balaban J connectivity index is 1.82. The third-order valence-corrected chi connectivity index (χ3v) is 4.16. The van der Waals surface area contributed by atoms with Crippen molar-refractivity contribution >= 4 is 11.9 Å². The Labute approximate surface area is 126 Å². The Bertz CT molecular complexity index is 678. The summed E-state index contributed by atoms with van der Waals surface area (Å²) in [6.07, 6.45) is 3.32. The van der Waals surface area contributed by atoms with Crippen molar-refractivity contribution in [1.82, 2.24) is 25.3 Å². The first kappa shape index (κ1) is 14.3. The number of aliphatic carboxylic acids is 1. The number of carbonyl (C=O) groups excluding carboxylic acids is 1. The maximum Gasteiger partial charge on any atom is 0.303 e. The van der Waals surface area contributed by atoms with Crippen LogP contribution in [0, 0.1) is 12.8 Å². The Kier molecular flexibility index (Phi) is 3.66. The number of hydrogen-bond acceptors (Lipinski definition) is 4. The fraction of sp³-hybridized carbons (Fsp3) is 0.429. The molecule has 0 radical (unpaired) electrons. The Morgan fingerprint density at radius 1 is 1.45 bits per heavy atom. The van der Waals surface area contributed by atoms with Crippen LogP contribution in [0.1, 0.15) is 34.1 Å². The van der Waals surface area contributed by atoms with Crippen LogP contribution in [-0.2, 0) is 4.79 Å². The number of carboxylic acids is 1. The van der Waals surface area contributed by atoms with Gasteiger partial charge < -0.3 is 15.0 Å². The molecule has 0 aromatic carbocycles. The second-order valence-corrected chi connectivity index (χ2v) is 5.59. The Morgan fingerprint density at radius 3 is 2.86 bits per heavy atom. The number of aryl methyl sites for hydroxylation is 1. The molecule has 3 rings (SSSR count). The summed E-state index contributed by atoms with van der Waals surface area (Å²) in [6, 6.07) is 1.74. The maximum absolute atomic E-state index is 12.6. The van der Waals surface area contributed by atoms with Crippen molar-refractivity contribution in [1.29, 1.82) is 0 Å². The summed E-state index contributed by atoms with van der Waals surface area (Å²) >= 11 is 0. The molecule has 2 atom stereocenters. The van der Waals surface area contributed by atoms with E-state index in [1.165, 1.54) is 0 Å². The number of rotatable bonds is 4. The molecule has 3 heterocycles. The van der Waals surface area contributed by atoms with E-state index in [0.717, 1.165) is 5.69 Å². The van der Waals surface area contributed by atoms with Crippen molar-refractivity contribution in [2.45, 2.75) is 19.3 Å². The van der Waals surface area contributed by atoms with E-state index >= 15 is 0 Å². The van der Waals surface area contributed by atoms with E-state index in [4.69, 9.17) is 5.11 Å². The third-order valence-electron chi connectivity index (χ3n) is 4.16. The number of H-pyrrole nitrogens is 2.